The lowest BCUT2D eigenvalue weighted by Crippen LogP contribution is -2.34. The number of carbonyl (C=O) groups is 3. The molecule has 1 unspecified atom stereocenters. The molecule has 2 aromatic rings. The minimum atomic E-state index is -0.506. The van der Waals surface area contributed by atoms with Crippen LogP contribution >= 0.6 is 0 Å². The van der Waals surface area contributed by atoms with Crippen LogP contribution in [0.3, 0.4) is 0 Å². The number of methoxy groups -OCH3 is 1. The first-order valence-corrected chi connectivity index (χ1v) is 9.51. The molecule has 0 radical (unpaired) electrons. The van der Waals surface area contributed by atoms with Crippen LogP contribution in [0.2, 0.25) is 0 Å². The monoisotopic (exact) mass is 396 g/mol. The Labute approximate surface area is 169 Å². The average Bonchev–Trinajstić information content (AvgIpc) is 3.18. The summed E-state index contributed by atoms with van der Waals surface area (Å²) in [5.41, 5.74) is 1.57. The number of nitrogens with zero attached hydrogens (tertiary/aromatic N) is 1. The van der Waals surface area contributed by atoms with Gasteiger partial charge < -0.3 is 19.7 Å². The van der Waals surface area contributed by atoms with E-state index in [0.29, 0.717) is 18.7 Å². The van der Waals surface area contributed by atoms with Crippen LogP contribution in [0.1, 0.15) is 30.9 Å². The van der Waals surface area contributed by atoms with Crippen molar-refractivity contribution < 1.29 is 23.9 Å². The van der Waals surface area contributed by atoms with Gasteiger partial charge in [0, 0.05) is 24.7 Å². The first kappa shape index (κ1) is 20.4. The fourth-order valence-electron chi connectivity index (χ4n) is 3.23. The second kappa shape index (κ2) is 9.73. The average molecular weight is 396 g/mol. The van der Waals surface area contributed by atoms with Crippen LogP contribution in [0.25, 0.3) is 0 Å². The summed E-state index contributed by atoms with van der Waals surface area (Å²) in [6, 6.07) is 15.8. The van der Waals surface area contributed by atoms with Crippen LogP contribution in [-0.2, 0) is 19.1 Å². The largest absolute Gasteiger partial charge is 0.484 e. The SMILES string of the molecule is COC(=O)CC(NC(=O)COc1cccc(N2CCCC2=O)c1)c1ccccc1. The van der Waals surface area contributed by atoms with Crippen LogP contribution in [-0.4, -0.2) is 38.0 Å². The molecule has 0 aromatic heterocycles. The summed E-state index contributed by atoms with van der Waals surface area (Å²) in [5.74, 6) is -0.177. The van der Waals surface area contributed by atoms with Gasteiger partial charge in [-0.1, -0.05) is 36.4 Å². The fraction of sp³-hybridized carbons (Fsp3) is 0.318. The number of anilines is 1. The van der Waals surface area contributed by atoms with Crippen molar-refractivity contribution >= 4 is 23.5 Å². The zero-order valence-electron chi connectivity index (χ0n) is 16.3. The summed E-state index contributed by atoms with van der Waals surface area (Å²) in [5, 5.41) is 2.82. The highest BCUT2D eigenvalue weighted by Gasteiger charge is 2.22. The lowest BCUT2D eigenvalue weighted by atomic mass is 10.0. The lowest BCUT2D eigenvalue weighted by molar-refractivity contribution is -0.141. The summed E-state index contributed by atoms with van der Waals surface area (Å²) in [6.07, 6.45) is 1.42. The minimum Gasteiger partial charge on any atom is -0.484 e. The van der Waals surface area contributed by atoms with E-state index in [9.17, 15) is 14.4 Å². The Morgan fingerprint density at radius 2 is 1.93 bits per heavy atom. The molecule has 2 amide bonds. The van der Waals surface area contributed by atoms with Crippen molar-refractivity contribution in [1.82, 2.24) is 5.32 Å². The molecule has 0 aliphatic carbocycles. The molecule has 7 heteroatoms. The van der Waals surface area contributed by atoms with Gasteiger partial charge in [0.1, 0.15) is 5.75 Å². The van der Waals surface area contributed by atoms with Gasteiger partial charge in [-0.3, -0.25) is 14.4 Å². The topological polar surface area (TPSA) is 84.9 Å². The van der Waals surface area contributed by atoms with Crippen molar-refractivity contribution in [3.63, 3.8) is 0 Å². The predicted molar refractivity (Wildman–Crippen MR) is 107 cm³/mol. The van der Waals surface area contributed by atoms with Gasteiger partial charge in [0.15, 0.2) is 6.61 Å². The van der Waals surface area contributed by atoms with E-state index >= 15 is 0 Å². The Hall–Kier alpha value is -3.35. The van der Waals surface area contributed by atoms with Crippen LogP contribution in [0, 0.1) is 0 Å². The van der Waals surface area contributed by atoms with Crippen molar-refractivity contribution in [2.75, 3.05) is 25.2 Å². The van der Waals surface area contributed by atoms with E-state index in [2.05, 4.69) is 5.32 Å². The number of carbonyl (C=O) groups excluding carboxylic acids is 3. The maximum Gasteiger partial charge on any atom is 0.307 e. The van der Waals surface area contributed by atoms with Crippen molar-refractivity contribution in [2.45, 2.75) is 25.3 Å². The standard InChI is InChI=1S/C22H24N2O5/c1-28-22(27)14-19(16-7-3-2-4-8-16)23-20(25)15-29-18-10-5-9-17(13-18)24-12-6-11-21(24)26/h2-5,7-10,13,19H,6,11-12,14-15H2,1H3,(H,23,25). The normalized spacial score (nSPS) is 14.4. The molecule has 152 valence electrons. The van der Waals surface area contributed by atoms with Crippen LogP contribution < -0.4 is 15.0 Å². The van der Waals surface area contributed by atoms with Crippen LogP contribution in [0.5, 0.6) is 5.75 Å². The molecule has 0 spiro atoms. The van der Waals surface area contributed by atoms with Crippen molar-refractivity contribution in [3.8, 4) is 5.75 Å². The van der Waals surface area contributed by atoms with Crippen molar-refractivity contribution in [3.05, 3.63) is 60.2 Å². The van der Waals surface area contributed by atoms with E-state index in [4.69, 9.17) is 9.47 Å². The van der Waals surface area contributed by atoms with Gasteiger partial charge in [0.05, 0.1) is 19.6 Å². The Bertz CT molecular complexity index is 869. The molecule has 1 N–H and O–H groups in total. The molecular formula is C22H24N2O5. The van der Waals surface area contributed by atoms with E-state index in [0.717, 1.165) is 17.7 Å². The highest BCUT2D eigenvalue weighted by atomic mass is 16.5. The third-order valence-corrected chi connectivity index (χ3v) is 4.71. The number of rotatable bonds is 8. The molecule has 1 aliphatic rings. The van der Waals surface area contributed by atoms with E-state index < -0.39 is 12.0 Å². The zero-order valence-corrected chi connectivity index (χ0v) is 16.3. The third-order valence-electron chi connectivity index (χ3n) is 4.71. The first-order chi connectivity index (χ1) is 14.1. The van der Waals surface area contributed by atoms with E-state index in [1.54, 1.807) is 23.1 Å². The van der Waals surface area contributed by atoms with Crippen molar-refractivity contribution in [2.24, 2.45) is 0 Å². The molecule has 0 bridgehead atoms. The second-order valence-corrected chi connectivity index (χ2v) is 6.75. The number of nitrogens with one attached hydrogen (secondary N) is 1. The fourth-order valence-corrected chi connectivity index (χ4v) is 3.23. The highest BCUT2D eigenvalue weighted by Crippen LogP contribution is 2.25. The predicted octanol–water partition coefficient (Wildman–Crippen LogP) is 2.61. The molecule has 0 saturated carbocycles. The molecule has 3 rings (SSSR count). The Morgan fingerprint density at radius 3 is 2.62 bits per heavy atom. The molecular weight excluding hydrogens is 372 g/mol. The molecule has 1 saturated heterocycles. The molecule has 2 aromatic carbocycles. The number of ether oxygens (including phenoxy) is 2. The summed E-state index contributed by atoms with van der Waals surface area (Å²) in [4.78, 5) is 37.7. The number of amides is 2. The van der Waals surface area contributed by atoms with Gasteiger partial charge in [-0.25, -0.2) is 0 Å². The van der Waals surface area contributed by atoms with Gasteiger partial charge in [0.2, 0.25) is 5.91 Å². The molecule has 1 heterocycles. The van der Waals surface area contributed by atoms with Gasteiger partial charge in [0.25, 0.3) is 5.91 Å². The van der Waals surface area contributed by atoms with E-state index in [1.807, 2.05) is 36.4 Å². The summed E-state index contributed by atoms with van der Waals surface area (Å²) >= 11 is 0. The number of esters is 1. The zero-order chi connectivity index (χ0) is 20.6. The van der Waals surface area contributed by atoms with Gasteiger partial charge in [-0.15, -0.1) is 0 Å². The van der Waals surface area contributed by atoms with Gasteiger partial charge in [-0.2, -0.15) is 0 Å². The summed E-state index contributed by atoms with van der Waals surface area (Å²) < 4.78 is 10.3. The quantitative estimate of drug-likeness (QED) is 0.694. The minimum absolute atomic E-state index is 0.0266. The smallest absolute Gasteiger partial charge is 0.307 e. The Balaban J connectivity index is 1.60. The maximum absolute atomic E-state index is 12.4. The molecule has 1 atom stereocenters. The van der Waals surface area contributed by atoms with E-state index in [1.165, 1.54) is 7.11 Å². The van der Waals surface area contributed by atoms with E-state index in [-0.39, 0.29) is 24.8 Å². The summed E-state index contributed by atoms with van der Waals surface area (Å²) in [6.45, 7) is 0.483. The molecule has 1 aliphatic heterocycles. The number of hydrogen-bond donors (Lipinski definition) is 1. The van der Waals surface area contributed by atoms with Crippen LogP contribution in [0.4, 0.5) is 5.69 Å². The molecule has 7 nitrogen and oxygen atoms in total. The molecule has 29 heavy (non-hydrogen) atoms. The van der Waals surface area contributed by atoms with Crippen molar-refractivity contribution in [1.29, 1.82) is 0 Å². The Morgan fingerprint density at radius 1 is 1.14 bits per heavy atom. The first-order valence-electron chi connectivity index (χ1n) is 9.51. The number of hydrogen-bond acceptors (Lipinski definition) is 5. The molecule has 1 fully saturated rings. The lowest BCUT2D eigenvalue weighted by Gasteiger charge is -2.19. The number of benzene rings is 2. The Kier molecular flexibility index (Phi) is 6.84. The van der Waals surface area contributed by atoms with Crippen LogP contribution in [0.15, 0.2) is 54.6 Å². The highest BCUT2D eigenvalue weighted by molar-refractivity contribution is 5.95. The van der Waals surface area contributed by atoms with Gasteiger partial charge >= 0.3 is 5.97 Å². The maximum atomic E-state index is 12.4. The van der Waals surface area contributed by atoms with Gasteiger partial charge in [-0.05, 0) is 24.1 Å². The second-order valence-electron chi connectivity index (χ2n) is 6.75. The summed E-state index contributed by atoms with van der Waals surface area (Å²) in [7, 11) is 1.31. The third kappa shape index (κ3) is 5.57.